The van der Waals surface area contributed by atoms with E-state index in [1.807, 2.05) is 48.5 Å². The van der Waals surface area contributed by atoms with Gasteiger partial charge in [0, 0.05) is 22.2 Å². The highest BCUT2D eigenvalue weighted by molar-refractivity contribution is 14.1. The molecular weight excluding hydrogens is 539 g/mol. The first-order valence-corrected chi connectivity index (χ1v) is 12.4. The quantitative estimate of drug-likeness (QED) is 0.370. The van der Waals surface area contributed by atoms with Crippen LogP contribution in [0, 0.1) is 3.57 Å². The van der Waals surface area contributed by atoms with Crippen molar-refractivity contribution in [3.63, 3.8) is 0 Å². The number of benzene rings is 2. The molecule has 32 heavy (non-hydrogen) atoms. The van der Waals surface area contributed by atoms with Crippen LogP contribution in [0.5, 0.6) is 5.75 Å². The number of carbonyl (C=O) groups excluding carboxylic acids is 3. The first kappa shape index (κ1) is 22.8. The number of carbonyl (C=O) groups is 3. The molecule has 2 fully saturated rings. The SMILES string of the molecule is O=C(CN1C(=O)S/C(=C\c2ccccc2OCc2ccc(I)cc2)C1=O)N1CCCCC1. The molecule has 4 rings (SSSR count). The number of rotatable bonds is 6. The second kappa shape index (κ2) is 10.5. The van der Waals surface area contributed by atoms with Crippen molar-refractivity contribution in [2.75, 3.05) is 19.6 Å². The minimum atomic E-state index is -0.433. The van der Waals surface area contributed by atoms with E-state index in [4.69, 9.17) is 4.74 Å². The van der Waals surface area contributed by atoms with Gasteiger partial charge in [-0.2, -0.15) is 0 Å². The maximum absolute atomic E-state index is 12.9. The lowest BCUT2D eigenvalue weighted by molar-refractivity contribution is -0.136. The molecule has 2 heterocycles. The van der Waals surface area contributed by atoms with Crippen molar-refractivity contribution >= 4 is 57.5 Å². The second-order valence-corrected chi connectivity index (χ2v) is 9.90. The van der Waals surface area contributed by atoms with Gasteiger partial charge in [-0.3, -0.25) is 19.3 Å². The Morgan fingerprint density at radius 1 is 1.03 bits per heavy atom. The number of ether oxygens (including phenoxy) is 1. The van der Waals surface area contributed by atoms with Gasteiger partial charge in [-0.05, 0) is 83.5 Å². The number of likely N-dealkylation sites (tertiary alicyclic amines) is 1. The predicted octanol–water partition coefficient (Wildman–Crippen LogP) is 4.92. The van der Waals surface area contributed by atoms with Crippen molar-refractivity contribution < 1.29 is 19.1 Å². The minimum absolute atomic E-state index is 0.172. The number of hydrogen-bond donors (Lipinski definition) is 0. The first-order chi connectivity index (χ1) is 15.5. The number of amides is 3. The summed E-state index contributed by atoms with van der Waals surface area (Å²) in [6.07, 6.45) is 4.71. The third kappa shape index (κ3) is 5.53. The summed E-state index contributed by atoms with van der Waals surface area (Å²) in [4.78, 5) is 40.9. The molecule has 2 aliphatic rings. The van der Waals surface area contributed by atoms with Gasteiger partial charge in [-0.15, -0.1) is 0 Å². The largest absolute Gasteiger partial charge is 0.488 e. The van der Waals surface area contributed by atoms with E-state index in [9.17, 15) is 14.4 Å². The van der Waals surface area contributed by atoms with E-state index in [0.29, 0.717) is 35.9 Å². The zero-order valence-corrected chi connectivity index (χ0v) is 20.4. The van der Waals surface area contributed by atoms with Gasteiger partial charge in [-0.25, -0.2) is 0 Å². The van der Waals surface area contributed by atoms with E-state index < -0.39 is 11.1 Å². The molecule has 8 heteroatoms. The summed E-state index contributed by atoms with van der Waals surface area (Å²) in [5, 5.41) is -0.413. The highest BCUT2D eigenvalue weighted by Crippen LogP contribution is 2.34. The van der Waals surface area contributed by atoms with Crippen LogP contribution in [0.25, 0.3) is 6.08 Å². The molecule has 0 saturated carbocycles. The number of para-hydroxylation sites is 1. The molecular formula is C24H23IN2O4S. The number of nitrogens with zero attached hydrogens (tertiary/aromatic N) is 2. The Bertz CT molecular complexity index is 1050. The molecule has 6 nitrogen and oxygen atoms in total. The fourth-order valence-electron chi connectivity index (χ4n) is 3.63. The smallest absolute Gasteiger partial charge is 0.294 e. The van der Waals surface area contributed by atoms with E-state index >= 15 is 0 Å². The third-order valence-corrected chi connectivity index (χ3v) is 7.02. The van der Waals surface area contributed by atoms with Gasteiger partial charge in [0.25, 0.3) is 11.1 Å². The van der Waals surface area contributed by atoms with E-state index in [1.54, 1.807) is 11.0 Å². The van der Waals surface area contributed by atoms with E-state index in [1.165, 1.54) is 0 Å². The lowest BCUT2D eigenvalue weighted by atomic mass is 10.1. The molecule has 0 aromatic heterocycles. The van der Waals surface area contributed by atoms with Crippen molar-refractivity contribution in [1.82, 2.24) is 9.80 Å². The summed E-state index contributed by atoms with van der Waals surface area (Å²) in [5.74, 6) is 0.0227. The van der Waals surface area contributed by atoms with Crippen LogP contribution in [-0.4, -0.2) is 46.5 Å². The van der Waals surface area contributed by atoms with Gasteiger partial charge in [0.2, 0.25) is 5.91 Å². The summed E-state index contributed by atoms with van der Waals surface area (Å²) in [6, 6.07) is 15.5. The van der Waals surface area contributed by atoms with Gasteiger partial charge in [0.15, 0.2) is 0 Å². The van der Waals surface area contributed by atoms with Crippen LogP contribution in [-0.2, 0) is 16.2 Å². The minimum Gasteiger partial charge on any atom is -0.488 e. The fourth-order valence-corrected chi connectivity index (χ4v) is 4.82. The van der Waals surface area contributed by atoms with Crippen LogP contribution in [0.3, 0.4) is 0 Å². The summed E-state index contributed by atoms with van der Waals surface area (Å²) < 4.78 is 7.13. The molecule has 0 aliphatic carbocycles. The maximum Gasteiger partial charge on any atom is 0.294 e. The number of piperidine rings is 1. The number of imide groups is 1. The molecule has 0 atom stereocenters. The molecule has 0 radical (unpaired) electrons. The summed E-state index contributed by atoms with van der Waals surface area (Å²) in [7, 11) is 0. The average molecular weight is 562 g/mol. The van der Waals surface area contributed by atoms with Crippen LogP contribution in [0.2, 0.25) is 0 Å². The topological polar surface area (TPSA) is 66.9 Å². The van der Waals surface area contributed by atoms with E-state index in [0.717, 1.165) is 45.1 Å². The van der Waals surface area contributed by atoms with E-state index in [-0.39, 0.29) is 12.5 Å². The number of halogens is 1. The van der Waals surface area contributed by atoms with Gasteiger partial charge in [-0.1, -0.05) is 30.3 Å². The zero-order chi connectivity index (χ0) is 22.5. The Morgan fingerprint density at radius 2 is 1.75 bits per heavy atom. The molecule has 166 valence electrons. The normalized spacial score (nSPS) is 17.8. The Morgan fingerprint density at radius 3 is 2.50 bits per heavy atom. The van der Waals surface area contributed by atoms with Crippen LogP contribution in [0.15, 0.2) is 53.4 Å². The first-order valence-electron chi connectivity index (χ1n) is 10.5. The molecule has 0 N–H and O–H groups in total. The van der Waals surface area contributed by atoms with E-state index in [2.05, 4.69) is 22.6 Å². The average Bonchev–Trinajstić information content (AvgIpc) is 3.07. The van der Waals surface area contributed by atoms with Crippen LogP contribution >= 0.6 is 34.4 Å². The Labute approximate surface area is 205 Å². The van der Waals surface area contributed by atoms with Crippen molar-refractivity contribution in [3.8, 4) is 5.75 Å². The summed E-state index contributed by atoms with van der Waals surface area (Å²) >= 11 is 3.12. The third-order valence-electron chi connectivity index (χ3n) is 5.39. The molecule has 3 amide bonds. The van der Waals surface area contributed by atoms with Gasteiger partial charge in [0.05, 0.1) is 4.91 Å². The van der Waals surface area contributed by atoms with Crippen molar-refractivity contribution in [1.29, 1.82) is 0 Å². The maximum atomic E-state index is 12.9. The van der Waals surface area contributed by atoms with Crippen LogP contribution in [0.4, 0.5) is 4.79 Å². The zero-order valence-electron chi connectivity index (χ0n) is 17.5. The van der Waals surface area contributed by atoms with Crippen molar-refractivity contribution in [2.45, 2.75) is 25.9 Å². The van der Waals surface area contributed by atoms with Crippen LogP contribution in [0.1, 0.15) is 30.4 Å². The standard InChI is InChI=1S/C24H23IN2O4S/c25-19-10-8-17(9-11-19)16-31-20-7-3-2-6-18(20)14-21-23(29)27(24(30)32-21)15-22(28)26-12-4-1-5-13-26/h2-3,6-11,14H,1,4-5,12-13,15-16H2/b21-14-. The summed E-state index contributed by atoms with van der Waals surface area (Å²) in [5.41, 5.74) is 1.75. The molecule has 0 bridgehead atoms. The Kier molecular flexibility index (Phi) is 7.51. The molecule has 2 aromatic carbocycles. The molecule has 0 unspecified atom stereocenters. The lowest BCUT2D eigenvalue weighted by Gasteiger charge is -2.27. The summed E-state index contributed by atoms with van der Waals surface area (Å²) in [6.45, 7) is 1.58. The fraction of sp³-hybridized carbons (Fsp3) is 0.292. The van der Waals surface area contributed by atoms with Gasteiger partial charge >= 0.3 is 0 Å². The Hall–Kier alpha value is -2.33. The molecule has 0 spiro atoms. The van der Waals surface area contributed by atoms with Crippen molar-refractivity contribution in [2.24, 2.45) is 0 Å². The number of thioether (sulfide) groups is 1. The number of hydrogen-bond acceptors (Lipinski definition) is 5. The van der Waals surface area contributed by atoms with Gasteiger partial charge in [0.1, 0.15) is 18.9 Å². The highest BCUT2D eigenvalue weighted by Gasteiger charge is 2.37. The predicted molar refractivity (Wildman–Crippen MR) is 133 cm³/mol. The molecule has 2 aliphatic heterocycles. The monoisotopic (exact) mass is 562 g/mol. The molecule has 2 aromatic rings. The van der Waals surface area contributed by atoms with Crippen LogP contribution < -0.4 is 4.74 Å². The molecule has 2 saturated heterocycles. The van der Waals surface area contributed by atoms with Gasteiger partial charge < -0.3 is 9.64 Å². The van der Waals surface area contributed by atoms with Crippen molar-refractivity contribution in [3.05, 3.63) is 68.1 Å². The second-order valence-electron chi connectivity index (χ2n) is 7.66. The Balaban J connectivity index is 1.45. The highest BCUT2D eigenvalue weighted by atomic mass is 127. The lowest BCUT2D eigenvalue weighted by Crippen LogP contribution is -2.44.